The van der Waals surface area contributed by atoms with Gasteiger partial charge < -0.3 is 15.4 Å². The van der Waals surface area contributed by atoms with Crippen molar-refractivity contribution >= 4 is 52.4 Å². The third-order valence-corrected chi connectivity index (χ3v) is 4.71. The molecule has 3 rings (SSSR count). The van der Waals surface area contributed by atoms with Crippen LogP contribution >= 0.6 is 23.2 Å². The number of ether oxygens (including phenoxy) is 1. The highest BCUT2D eigenvalue weighted by atomic mass is 35.5. The van der Waals surface area contributed by atoms with Crippen LogP contribution in [-0.4, -0.2) is 24.9 Å². The quantitative estimate of drug-likeness (QED) is 0.526. The molecule has 0 spiro atoms. The molecule has 3 aromatic carbocycles. The summed E-state index contributed by atoms with van der Waals surface area (Å²) in [6.45, 7) is 0. The highest BCUT2D eigenvalue weighted by Gasteiger charge is 2.16. The van der Waals surface area contributed by atoms with Crippen molar-refractivity contribution in [3.8, 4) is 0 Å². The van der Waals surface area contributed by atoms with Gasteiger partial charge in [-0.25, -0.2) is 4.79 Å². The molecule has 2 N–H and O–H groups in total. The largest absolute Gasteiger partial charge is 0.465 e. The van der Waals surface area contributed by atoms with Crippen molar-refractivity contribution in [2.75, 3.05) is 17.7 Å². The van der Waals surface area contributed by atoms with E-state index in [2.05, 4.69) is 15.4 Å². The zero-order chi connectivity index (χ0) is 21.7. The lowest BCUT2D eigenvalue weighted by Gasteiger charge is -2.12. The Hall–Kier alpha value is -3.35. The molecule has 0 aliphatic rings. The fourth-order valence-corrected chi connectivity index (χ4v) is 3.15. The predicted octanol–water partition coefficient (Wildman–Crippen LogP) is 5.28. The van der Waals surface area contributed by atoms with Crippen molar-refractivity contribution in [1.29, 1.82) is 0 Å². The summed E-state index contributed by atoms with van der Waals surface area (Å²) in [6, 6.07) is 17.3. The monoisotopic (exact) mass is 442 g/mol. The van der Waals surface area contributed by atoms with E-state index in [1.807, 2.05) is 0 Å². The standard InChI is InChI=1S/C22H16Cl2N2O4/c1-30-22(29)13-6-9-15(10-7-13)25-21(28)17-4-2-3-5-19(17)26-20(27)16-11-8-14(23)12-18(16)24/h2-12H,1H3,(H,25,28)(H,26,27). The van der Waals surface area contributed by atoms with Crippen LogP contribution in [0.2, 0.25) is 10.0 Å². The van der Waals surface area contributed by atoms with Crippen molar-refractivity contribution in [1.82, 2.24) is 0 Å². The molecule has 0 fully saturated rings. The van der Waals surface area contributed by atoms with Crippen LogP contribution in [0.3, 0.4) is 0 Å². The van der Waals surface area contributed by atoms with E-state index >= 15 is 0 Å². The molecule has 0 aromatic heterocycles. The second-order valence-electron chi connectivity index (χ2n) is 6.15. The fraction of sp³-hybridized carbons (Fsp3) is 0.0455. The molecule has 3 aromatic rings. The van der Waals surface area contributed by atoms with E-state index in [1.165, 1.54) is 31.4 Å². The molecule has 0 aliphatic heterocycles. The third-order valence-electron chi connectivity index (χ3n) is 4.16. The van der Waals surface area contributed by atoms with E-state index in [-0.39, 0.29) is 16.1 Å². The van der Waals surface area contributed by atoms with Gasteiger partial charge >= 0.3 is 5.97 Å². The number of halogens is 2. The molecule has 0 heterocycles. The molecule has 0 unspecified atom stereocenters. The minimum Gasteiger partial charge on any atom is -0.465 e. The Morgan fingerprint density at radius 2 is 1.47 bits per heavy atom. The lowest BCUT2D eigenvalue weighted by molar-refractivity contribution is 0.0600. The summed E-state index contributed by atoms with van der Waals surface area (Å²) in [7, 11) is 1.29. The maximum atomic E-state index is 12.7. The van der Waals surface area contributed by atoms with E-state index < -0.39 is 17.8 Å². The molecule has 30 heavy (non-hydrogen) atoms. The van der Waals surface area contributed by atoms with Gasteiger partial charge in [-0.2, -0.15) is 0 Å². The first-order chi connectivity index (χ1) is 14.4. The molecule has 8 heteroatoms. The number of benzene rings is 3. The second-order valence-corrected chi connectivity index (χ2v) is 6.99. The van der Waals surface area contributed by atoms with Crippen LogP contribution in [0.5, 0.6) is 0 Å². The number of amides is 2. The van der Waals surface area contributed by atoms with Crippen LogP contribution in [0.1, 0.15) is 31.1 Å². The maximum Gasteiger partial charge on any atom is 0.337 e. The second kappa shape index (κ2) is 9.43. The molecular weight excluding hydrogens is 427 g/mol. The summed E-state index contributed by atoms with van der Waals surface area (Å²) in [4.78, 5) is 36.8. The Morgan fingerprint density at radius 3 is 2.13 bits per heavy atom. The number of para-hydroxylation sites is 1. The van der Waals surface area contributed by atoms with E-state index in [0.29, 0.717) is 22.0 Å². The van der Waals surface area contributed by atoms with Crippen molar-refractivity contribution in [2.24, 2.45) is 0 Å². The molecule has 0 radical (unpaired) electrons. The molecule has 2 amide bonds. The number of carbonyl (C=O) groups excluding carboxylic acids is 3. The molecular formula is C22H16Cl2N2O4. The van der Waals surface area contributed by atoms with E-state index in [0.717, 1.165) is 0 Å². The zero-order valence-electron chi connectivity index (χ0n) is 15.7. The van der Waals surface area contributed by atoms with Gasteiger partial charge in [-0.15, -0.1) is 0 Å². The highest BCUT2D eigenvalue weighted by Crippen LogP contribution is 2.24. The average molecular weight is 443 g/mol. The number of nitrogens with one attached hydrogen (secondary N) is 2. The summed E-state index contributed by atoms with van der Waals surface area (Å²) < 4.78 is 4.65. The molecule has 0 saturated carbocycles. The topological polar surface area (TPSA) is 84.5 Å². The lowest BCUT2D eigenvalue weighted by Crippen LogP contribution is -2.18. The van der Waals surface area contributed by atoms with Gasteiger partial charge in [0.1, 0.15) is 0 Å². The number of hydrogen-bond donors (Lipinski definition) is 2. The Bertz CT molecular complexity index is 1110. The van der Waals surface area contributed by atoms with Crippen LogP contribution in [0.25, 0.3) is 0 Å². The van der Waals surface area contributed by atoms with Crippen molar-refractivity contribution in [3.05, 3.63) is 93.5 Å². The molecule has 0 saturated heterocycles. The lowest BCUT2D eigenvalue weighted by atomic mass is 10.1. The number of methoxy groups -OCH3 is 1. The fourth-order valence-electron chi connectivity index (χ4n) is 2.66. The Balaban J connectivity index is 1.78. The first kappa shape index (κ1) is 21.4. The first-order valence-electron chi connectivity index (χ1n) is 8.74. The van der Waals surface area contributed by atoms with Gasteiger partial charge in [-0.05, 0) is 54.6 Å². The SMILES string of the molecule is COC(=O)c1ccc(NC(=O)c2ccccc2NC(=O)c2ccc(Cl)cc2Cl)cc1. The van der Waals surface area contributed by atoms with Crippen LogP contribution in [0.15, 0.2) is 66.7 Å². The van der Waals surface area contributed by atoms with Gasteiger partial charge in [0.05, 0.1) is 34.5 Å². The van der Waals surface area contributed by atoms with Crippen LogP contribution in [-0.2, 0) is 4.74 Å². The minimum absolute atomic E-state index is 0.202. The maximum absolute atomic E-state index is 12.7. The molecule has 152 valence electrons. The Morgan fingerprint density at radius 1 is 0.800 bits per heavy atom. The molecule has 6 nitrogen and oxygen atoms in total. The number of rotatable bonds is 5. The van der Waals surface area contributed by atoms with Crippen LogP contribution < -0.4 is 10.6 Å². The first-order valence-corrected chi connectivity index (χ1v) is 9.50. The molecule has 0 bridgehead atoms. The van der Waals surface area contributed by atoms with Gasteiger partial charge in [0, 0.05) is 10.7 Å². The molecule has 0 aliphatic carbocycles. The van der Waals surface area contributed by atoms with Crippen molar-refractivity contribution < 1.29 is 19.1 Å². The van der Waals surface area contributed by atoms with E-state index in [1.54, 1.807) is 42.5 Å². The Kier molecular flexibility index (Phi) is 6.72. The van der Waals surface area contributed by atoms with Gasteiger partial charge in [0.25, 0.3) is 11.8 Å². The van der Waals surface area contributed by atoms with Gasteiger partial charge in [-0.3, -0.25) is 9.59 Å². The summed E-state index contributed by atoms with van der Waals surface area (Å²) in [5.74, 6) is -1.37. The summed E-state index contributed by atoms with van der Waals surface area (Å²) in [5.41, 5.74) is 1.65. The number of carbonyl (C=O) groups is 3. The van der Waals surface area contributed by atoms with Gasteiger partial charge in [0.15, 0.2) is 0 Å². The zero-order valence-corrected chi connectivity index (χ0v) is 17.3. The highest BCUT2D eigenvalue weighted by molar-refractivity contribution is 6.37. The Labute approximate surface area is 182 Å². The average Bonchev–Trinajstić information content (AvgIpc) is 2.74. The number of esters is 1. The van der Waals surface area contributed by atoms with E-state index in [9.17, 15) is 14.4 Å². The summed E-state index contributed by atoms with van der Waals surface area (Å²) >= 11 is 12.0. The molecule has 0 atom stereocenters. The van der Waals surface area contributed by atoms with Crippen LogP contribution in [0.4, 0.5) is 11.4 Å². The smallest absolute Gasteiger partial charge is 0.337 e. The number of hydrogen-bond acceptors (Lipinski definition) is 4. The van der Waals surface area contributed by atoms with Crippen molar-refractivity contribution in [2.45, 2.75) is 0 Å². The summed E-state index contributed by atoms with van der Waals surface area (Å²) in [6.07, 6.45) is 0. The predicted molar refractivity (Wildman–Crippen MR) is 117 cm³/mol. The third kappa shape index (κ3) is 4.97. The van der Waals surface area contributed by atoms with E-state index in [4.69, 9.17) is 23.2 Å². The summed E-state index contributed by atoms with van der Waals surface area (Å²) in [5, 5.41) is 6.04. The van der Waals surface area contributed by atoms with Crippen LogP contribution in [0, 0.1) is 0 Å². The number of anilines is 2. The van der Waals surface area contributed by atoms with Gasteiger partial charge in [-0.1, -0.05) is 35.3 Å². The normalized spacial score (nSPS) is 10.2. The van der Waals surface area contributed by atoms with Crippen molar-refractivity contribution in [3.63, 3.8) is 0 Å². The van der Waals surface area contributed by atoms with Gasteiger partial charge in [0.2, 0.25) is 0 Å². The minimum atomic E-state index is -0.473.